The molecule has 0 aliphatic carbocycles. The highest BCUT2D eigenvalue weighted by Gasteiger charge is 2.15. The smallest absolute Gasteiger partial charge is 0.156 e. The number of benzene rings is 1. The van der Waals surface area contributed by atoms with Crippen LogP contribution in [-0.4, -0.2) is 25.5 Å². The van der Waals surface area contributed by atoms with Crippen LogP contribution in [-0.2, 0) is 16.0 Å². The summed E-state index contributed by atoms with van der Waals surface area (Å²) in [4.78, 5) is 11.6. The van der Waals surface area contributed by atoms with E-state index in [4.69, 9.17) is 10.5 Å². The maximum atomic E-state index is 12.8. The zero-order valence-corrected chi connectivity index (χ0v) is 10.5. The van der Waals surface area contributed by atoms with Crippen LogP contribution in [0.3, 0.4) is 0 Å². The zero-order chi connectivity index (χ0) is 12.1. The van der Waals surface area contributed by atoms with Gasteiger partial charge in [-0.15, -0.1) is 0 Å². The Bertz CT molecular complexity index is 384. The Morgan fingerprint density at radius 3 is 2.88 bits per heavy atom. The first-order valence-electron chi connectivity index (χ1n) is 4.75. The SMILES string of the molecule is COCC(N)C(=O)Cc1ccc(F)cc1Br. The van der Waals surface area contributed by atoms with Gasteiger partial charge in [0.25, 0.3) is 0 Å². The van der Waals surface area contributed by atoms with Crippen LogP contribution in [0, 0.1) is 5.82 Å². The van der Waals surface area contributed by atoms with Crippen LogP contribution < -0.4 is 5.73 Å². The summed E-state index contributed by atoms with van der Waals surface area (Å²) in [5.41, 5.74) is 6.31. The second-order valence-corrected chi connectivity index (χ2v) is 4.29. The number of hydrogen-bond acceptors (Lipinski definition) is 3. The predicted molar refractivity (Wildman–Crippen MR) is 62.7 cm³/mol. The fourth-order valence-electron chi connectivity index (χ4n) is 1.26. The first-order valence-corrected chi connectivity index (χ1v) is 5.55. The molecule has 0 radical (unpaired) electrons. The molecular weight excluding hydrogens is 277 g/mol. The van der Waals surface area contributed by atoms with Gasteiger partial charge in [-0.25, -0.2) is 4.39 Å². The van der Waals surface area contributed by atoms with Gasteiger partial charge < -0.3 is 10.5 Å². The Labute approximate surface area is 102 Å². The van der Waals surface area contributed by atoms with E-state index in [9.17, 15) is 9.18 Å². The standard InChI is InChI=1S/C11H13BrFNO2/c1-16-6-10(14)11(15)4-7-2-3-8(13)5-9(7)12/h2-3,5,10H,4,6,14H2,1H3. The molecule has 0 spiro atoms. The monoisotopic (exact) mass is 289 g/mol. The van der Waals surface area contributed by atoms with Crippen LogP contribution in [0.2, 0.25) is 0 Å². The topological polar surface area (TPSA) is 52.3 Å². The zero-order valence-electron chi connectivity index (χ0n) is 8.87. The first kappa shape index (κ1) is 13.3. The summed E-state index contributed by atoms with van der Waals surface area (Å²) in [6.45, 7) is 0.192. The average Bonchev–Trinajstić information content (AvgIpc) is 2.22. The maximum absolute atomic E-state index is 12.8. The largest absolute Gasteiger partial charge is 0.383 e. The predicted octanol–water partition coefficient (Wildman–Crippen LogP) is 1.67. The Kier molecular flexibility index (Phi) is 5.05. The molecule has 0 bridgehead atoms. The summed E-state index contributed by atoms with van der Waals surface area (Å²) in [7, 11) is 1.49. The number of carbonyl (C=O) groups excluding carboxylic acids is 1. The van der Waals surface area contributed by atoms with Crippen molar-refractivity contribution < 1.29 is 13.9 Å². The van der Waals surface area contributed by atoms with E-state index in [0.29, 0.717) is 4.47 Å². The minimum atomic E-state index is -0.637. The van der Waals surface area contributed by atoms with Crippen LogP contribution in [0.4, 0.5) is 4.39 Å². The van der Waals surface area contributed by atoms with Crippen molar-refractivity contribution in [3.8, 4) is 0 Å². The van der Waals surface area contributed by atoms with Crippen molar-refractivity contribution in [2.24, 2.45) is 5.73 Å². The normalized spacial score (nSPS) is 12.5. The van der Waals surface area contributed by atoms with Gasteiger partial charge in [0.1, 0.15) is 5.82 Å². The molecule has 1 rings (SSSR count). The molecule has 0 aromatic heterocycles. The molecule has 3 nitrogen and oxygen atoms in total. The lowest BCUT2D eigenvalue weighted by molar-refractivity contribution is -0.120. The van der Waals surface area contributed by atoms with Gasteiger partial charge >= 0.3 is 0 Å². The number of ether oxygens (including phenoxy) is 1. The molecule has 0 amide bonds. The first-order chi connectivity index (χ1) is 7.54. The van der Waals surface area contributed by atoms with Crippen molar-refractivity contribution in [3.63, 3.8) is 0 Å². The van der Waals surface area contributed by atoms with Gasteiger partial charge in [0.15, 0.2) is 5.78 Å². The van der Waals surface area contributed by atoms with E-state index in [1.807, 2.05) is 0 Å². The molecule has 16 heavy (non-hydrogen) atoms. The molecule has 88 valence electrons. The fraction of sp³-hybridized carbons (Fsp3) is 0.364. The molecule has 0 saturated carbocycles. The van der Waals surface area contributed by atoms with Crippen molar-refractivity contribution in [3.05, 3.63) is 34.1 Å². The number of halogens is 2. The maximum Gasteiger partial charge on any atom is 0.156 e. The third kappa shape index (κ3) is 3.66. The number of nitrogens with two attached hydrogens (primary N) is 1. The van der Waals surface area contributed by atoms with Crippen molar-refractivity contribution in [1.82, 2.24) is 0 Å². The lowest BCUT2D eigenvalue weighted by Crippen LogP contribution is -2.36. The molecule has 1 aromatic carbocycles. The van der Waals surface area contributed by atoms with Crippen LogP contribution in [0.5, 0.6) is 0 Å². The van der Waals surface area contributed by atoms with Gasteiger partial charge in [0.05, 0.1) is 12.6 Å². The molecule has 0 aliphatic heterocycles. The number of hydrogen-bond donors (Lipinski definition) is 1. The molecule has 0 fully saturated rings. The Hall–Kier alpha value is -0.780. The number of Topliss-reactive ketones (excluding diaryl/α,β-unsaturated/α-hetero) is 1. The minimum absolute atomic E-state index is 0.130. The molecule has 1 unspecified atom stereocenters. The summed E-state index contributed by atoms with van der Waals surface area (Å²) in [6.07, 6.45) is 0.172. The lowest BCUT2D eigenvalue weighted by atomic mass is 10.0. The van der Waals surface area contributed by atoms with Crippen LogP contribution in [0.1, 0.15) is 5.56 Å². The lowest BCUT2D eigenvalue weighted by Gasteiger charge is -2.10. The highest BCUT2D eigenvalue weighted by molar-refractivity contribution is 9.10. The van der Waals surface area contributed by atoms with Gasteiger partial charge in [-0.3, -0.25) is 4.79 Å². The number of carbonyl (C=O) groups is 1. The Balaban J connectivity index is 2.69. The van der Waals surface area contributed by atoms with Crippen LogP contribution >= 0.6 is 15.9 Å². The highest BCUT2D eigenvalue weighted by atomic mass is 79.9. The molecule has 5 heteroatoms. The quantitative estimate of drug-likeness (QED) is 0.897. The van der Waals surface area contributed by atoms with E-state index >= 15 is 0 Å². The van der Waals surface area contributed by atoms with Crippen molar-refractivity contribution >= 4 is 21.7 Å². The van der Waals surface area contributed by atoms with Gasteiger partial charge in [0.2, 0.25) is 0 Å². The molecule has 0 aliphatic rings. The summed E-state index contributed by atoms with van der Waals surface area (Å²) in [5.74, 6) is -0.474. The van der Waals surface area contributed by atoms with E-state index < -0.39 is 6.04 Å². The van der Waals surface area contributed by atoms with E-state index in [2.05, 4.69) is 15.9 Å². The van der Waals surface area contributed by atoms with Crippen molar-refractivity contribution in [2.75, 3.05) is 13.7 Å². The number of ketones is 1. The molecule has 0 heterocycles. The average molecular weight is 290 g/mol. The molecule has 1 atom stereocenters. The molecule has 1 aromatic rings. The third-order valence-electron chi connectivity index (χ3n) is 2.14. The second-order valence-electron chi connectivity index (χ2n) is 3.44. The molecular formula is C11H13BrFNO2. The Morgan fingerprint density at radius 1 is 1.62 bits per heavy atom. The van der Waals surface area contributed by atoms with E-state index in [1.54, 1.807) is 6.07 Å². The summed E-state index contributed by atoms with van der Waals surface area (Å²) in [5, 5.41) is 0. The summed E-state index contributed by atoms with van der Waals surface area (Å²) < 4.78 is 18.2. The summed E-state index contributed by atoms with van der Waals surface area (Å²) in [6, 6.07) is 3.57. The van der Waals surface area contributed by atoms with E-state index in [-0.39, 0.29) is 24.6 Å². The highest BCUT2D eigenvalue weighted by Crippen LogP contribution is 2.18. The minimum Gasteiger partial charge on any atom is -0.383 e. The van der Waals surface area contributed by atoms with E-state index in [1.165, 1.54) is 19.2 Å². The van der Waals surface area contributed by atoms with Crippen LogP contribution in [0.15, 0.2) is 22.7 Å². The second kappa shape index (κ2) is 6.08. The molecule has 0 saturated heterocycles. The molecule has 2 N–H and O–H groups in total. The van der Waals surface area contributed by atoms with Gasteiger partial charge in [0, 0.05) is 18.0 Å². The number of rotatable bonds is 5. The van der Waals surface area contributed by atoms with Gasteiger partial charge in [-0.2, -0.15) is 0 Å². The summed E-state index contributed by atoms with van der Waals surface area (Å²) >= 11 is 3.20. The number of methoxy groups -OCH3 is 1. The fourth-order valence-corrected chi connectivity index (χ4v) is 1.75. The Morgan fingerprint density at radius 2 is 2.31 bits per heavy atom. The van der Waals surface area contributed by atoms with Gasteiger partial charge in [-0.05, 0) is 17.7 Å². The van der Waals surface area contributed by atoms with Crippen LogP contribution in [0.25, 0.3) is 0 Å². The van der Waals surface area contributed by atoms with Crippen molar-refractivity contribution in [1.29, 1.82) is 0 Å². The van der Waals surface area contributed by atoms with E-state index in [0.717, 1.165) is 5.56 Å². The van der Waals surface area contributed by atoms with Crippen molar-refractivity contribution in [2.45, 2.75) is 12.5 Å². The van der Waals surface area contributed by atoms with Gasteiger partial charge in [-0.1, -0.05) is 22.0 Å². The third-order valence-corrected chi connectivity index (χ3v) is 2.88.